The zero-order chi connectivity index (χ0) is 17.8. The SMILES string of the molecule is C[C@@H](OC(=O)c1ccc(F)cc1)C(=O)N[C@H]1CCCc2ccccc21. The number of hydrogen-bond donors (Lipinski definition) is 1. The van der Waals surface area contributed by atoms with Crippen LogP contribution in [0.25, 0.3) is 0 Å². The second kappa shape index (κ2) is 7.47. The van der Waals surface area contributed by atoms with Gasteiger partial charge in [0, 0.05) is 0 Å². The first-order valence-corrected chi connectivity index (χ1v) is 8.39. The molecule has 1 amide bonds. The van der Waals surface area contributed by atoms with Gasteiger partial charge in [0.25, 0.3) is 5.91 Å². The Hall–Kier alpha value is -2.69. The van der Waals surface area contributed by atoms with Crippen LogP contribution in [0.3, 0.4) is 0 Å². The summed E-state index contributed by atoms with van der Waals surface area (Å²) >= 11 is 0. The van der Waals surface area contributed by atoms with Crippen LogP contribution in [0.2, 0.25) is 0 Å². The number of amides is 1. The van der Waals surface area contributed by atoms with Crippen molar-refractivity contribution in [1.82, 2.24) is 5.32 Å². The van der Waals surface area contributed by atoms with E-state index in [-0.39, 0.29) is 17.5 Å². The maximum atomic E-state index is 12.9. The van der Waals surface area contributed by atoms with Gasteiger partial charge >= 0.3 is 5.97 Å². The van der Waals surface area contributed by atoms with E-state index in [1.54, 1.807) is 0 Å². The number of halogens is 1. The van der Waals surface area contributed by atoms with Crippen molar-refractivity contribution in [3.05, 3.63) is 71.0 Å². The first-order chi connectivity index (χ1) is 12.0. The molecule has 0 aromatic heterocycles. The van der Waals surface area contributed by atoms with Gasteiger partial charge < -0.3 is 10.1 Å². The van der Waals surface area contributed by atoms with Crippen LogP contribution in [0.4, 0.5) is 4.39 Å². The highest BCUT2D eigenvalue weighted by molar-refractivity contribution is 5.92. The third-order valence-corrected chi connectivity index (χ3v) is 4.42. The summed E-state index contributed by atoms with van der Waals surface area (Å²) in [6.45, 7) is 1.53. The summed E-state index contributed by atoms with van der Waals surface area (Å²) < 4.78 is 18.1. The number of fused-ring (bicyclic) bond motifs is 1. The van der Waals surface area contributed by atoms with E-state index in [1.807, 2.05) is 18.2 Å². The molecule has 1 aliphatic carbocycles. The minimum absolute atomic E-state index is 0.0653. The van der Waals surface area contributed by atoms with Crippen molar-refractivity contribution in [2.45, 2.75) is 38.3 Å². The molecule has 2 aromatic rings. The summed E-state index contributed by atoms with van der Waals surface area (Å²) in [4.78, 5) is 24.4. The smallest absolute Gasteiger partial charge is 0.338 e. The van der Waals surface area contributed by atoms with Gasteiger partial charge in [-0.15, -0.1) is 0 Å². The lowest BCUT2D eigenvalue weighted by molar-refractivity contribution is -0.130. The molecule has 4 nitrogen and oxygen atoms in total. The number of aryl methyl sites for hydroxylation is 1. The van der Waals surface area contributed by atoms with E-state index in [1.165, 1.54) is 36.8 Å². The second-order valence-electron chi connectivity index (χ2n) is 6.21. The van der Waals surface area contributed by atoms with Gasteiger partial charge in [0.1, 0.15) is 5.82 Å². The molecule has 2 aromatic carbocycles. The number of ether oxygens (including phenoxy) is 1. The first kappa shape index (κ1) is 17.1. The van der Waals surface area contributed by atoms with E-state index in [9.17, 15) is 14.0 Å². The first-order valence-electron chi connectivity index (χ1n) is 8.39. The number of carbonyl (C=O) groups is 2. The van der Waals surface area contributed by atoms with Crippen molar-refractivity contribution in [3.63, 3.8) is 0 Å². The van der Waals surface area contributed by atoms with Crippen LogP contribution < -0.4 is 5.32 Å². The van der Waals surface area contributed by atoms with E-state index in [0.717, 1.165) is 24.8 Å². The highest BCUT2D eigenvalue weighted by atomic mass is 19.1. The summed E-state index contributed by atoms with van der Waals surface area (Å²) in [5.41, 5.74) is 2.58. The topological polar surface area (TPSA) is 55.4 Å². The average Bonchev–Trinajstić information content (AvgIpc) is 2.62. The third-order valence-electron chi connectivity index (χ3n) is 4.42. The highest BCUT2D eigenvalue weighted by Gasteiger charge is 2.25. The summed E-state index contributed by atoms with van der Waals surface area (Å²) in [6.07, 6.45) is 1.96. The molecule has 0 fully saturated rings. The van der Waals surface area contributed by atoms with Crippen LogP contribution in [0, 0.1) is 5.82 Å². The van der Waals surface area contributed by atoms with Crippen LogP contribution in [-0.2, 0) is 16.0 Å². The summed E-state index contributed by atoms with van der Waals surface area (Å²) in [7, 11) is 0. The molecular formula is C20H20FNO3. The van der Waals surface area contributed by atoms with Crippen LogP contribution in [0.15, 0.2) is 48.5 Å². The van der Waals surface area contributed by atoms with Gasteiger partial charge in [-0.3, -0.25) is 4.79 Å². The van der Waals surface area contributed by atoms with Gasteiger partial charge in [0.2, 0.25) is 0 Å². The molecule has 1 aliphatic rings. The molecule has 5 heteroatoms. The Morgan fingerprint density at radius 3 is 2.64 bits per heavy atom. The van der Waals surface area contributed by atoms with Gasteiger partial charge in [0.05, 0.1) is 11.6 Å². The maximum Gasteiger partial charge on any atom is 0.338 e. The van der Waals surface area contributed by atoms with Gasteiger partial charge in [-0.05, 0) is 61.6 Å². The molecule has 130 valence electrons. The Morgan fingerprint density at radius 1 is 1.16 bits per heavy atom. The molecule has 25 heavy (non-hydrogen) atoms. The Bertz CT molecular complexity index is 773. The second-order valence-corrected chi connectivity index (χ2v) is 6.21. The van der Waals surface area contributed by atoms with Gasteiger partial charge in [0.15, 0.2) is 6.10 Å². The van der Waals surface area contributed by atoms with Gasteiger partial charge in [-0.2, -0.15) is 0 Å². The molecular weight excluding hydrogens is 321 g/mol. The summed E-state index contributed by atoms with van der Waals surface area (Å²) in [5.74, 6) is -1.41. The number of rotatable bonds is 4. The zero-order valence-corrected chi connectivity index (χ0v) is 14.0. The normalized spacial score (nSPS) is 17.3. The van der Waals surface area contributed by atoms with Crippen molar-refractivity contribution in [3.8, 4) is 0 Å². The Balaban J connectivity index is 1.62. The largest absolute Gasteiger partial charge is 0.449 e. The Labute approximate surface area is 146 Å². The zero-order valence-electron chi connectivity index (χ0n) is 14.0. The fourth-order valence-electron chi connectivity index (χ4n) is 3.06. The van der Waals surface area contributed by atoms with Crippen LogP contribution in [0.5, 0.6) is 0 Å². The maximum absolute atomic E-state index is 12.9. The third kappa shape index (κ3) is 4.05. The molecule has 3 rings (SSSR count). The number of esters is 1. The number of benzene rings is 2. The molecule has 0 heterocycles. The molecule has 0 unspecified atom stereocenters. The van der Waals surface area contributed by atoms with Crippen LogP contribution in [-0.4, -0.2) is 18.0 Å². The molecule has 0 radical (unpaired) electrons. The van der Waals surface area contributed by atoms with E-state index >= 15 is 0 Å². The van der Waals surface area contributed by atoms with Crippen molar-refractivity contribution in [1.29, 1.82) is 0 Å². The van der Waals surface area contributed by atoms with Gasteiger partial charge in [-0.25, -0.2) is 9.18 Å². The summed E-state index contributed by atoms with van der Waals surface area (Å²) in [6, 6.07) is 13.0. The van der Waals surface area contributed by atoms with E-state index in [2.05, 4.69) is 11.4 Å². The monoisotopic (exact) mass is 341 g/mol. The van der Waals surface area contributed by atoms with Crippen molar-refractivity contribution >= 4 is 11.9 Å². The minimum atomic E-state index is -0.924. The van der Waals surface area contributed by atoms with Crippen molar-refractivity contribution < 1.29 is 18.7 Å². The molecule has 0 saturated carbocycles. The van der Waals surface area contributed by atoms with Crippen LogP contribution >= 0.6 is 0 Å². The Morgan fingerprint density at radius 2 is 1.88 bits per heavy atom. The quantitative estimate of drug-likeness (QED) is 0.865. The molecule has 0 bridgehead atoms. The van der Waals surface area contributed by atoms with E-state index < -0.39 is 17.9 Å². The molecule has 0 saturated heterocycles. The number of carbonyl (C=O) groups excluding carboxylic acids is 2. The molecule has 0 spiro atoms. The van der Waals surface area contributed by atoms with E-state index in [0.29, 0.717) is 0 Å². The average molecular weight is 341 g/mol. The fourth-order valence-corrected chi connectivity index (χ4v) is 3.06. The molecule has 2 atom stereocenters. The highest BCUT2D eigenvalue weighted by Crippen LogP contribution is 2.29. The minimum Gasteiger partial charge on any atom is -0.449 e. The van der Waals surface area contributed by atoms with Crippen molar-refractivity contribution in [2.75, 3.05) is 0 Å². The predicted octanol–water partition coefficient (Wildman–Crippen LogP) is 3.56. The summed E-state index contributed by atoms with van der Waals surface area (Å²) in [5, 5.41) is 2.96. The van der Waals surface area contributed by atoms with Crippen LogP contribution in [0.1, 0.15) is 47.3 Å². The molecule has 0 aliphatic heterocycles. The standard InChI is InChI=1S/C20H20FNO3/c1-13(25-20(24)15-9-11-16(21)12-10-15)19(23)22-18-8-4-6-14-5-2-3-7-17(14)18/h2-3,5,7,9-13,18H,4,6,8H2,1H3,(H,22,23)/t13-,18+/m1/s1. The molecule has 1 N–H and O–H groups in total. The Kier molecular flexibility index (Phi) is 5.12. The predicted molar refractivity (Wildman–Crippen MR) is 91.5 cm³/mol. The van der Waals surface area contributed by atoms with E-state index in [4.69, 9.17) is 4.74 Å². The van der Waals surface area contributed by atoms with Gasteiger partial charge in [-0.1, -0.05) is 24.3 Å². The lowest BCUT2D eigenvalue weighted by atomic mass is 9.87. The number of nitrogens with one attached hydrogen (secondary N) is 1. The number of hydrogen-bond acceptors (Lipinski definition) is 3. The lowest BCUT2D eigenvalue weighted by Crippen LogP contribution is -2.39. The van der Waals surface area contributed by atoms with Crippen molar-refractivity contribution in [2.24, 2.45) is 0 Å². The fraction of sp³-hybridized carbons (Fsp3) is 0.300. The lowest BCUT2D eigenvalue weighted by Gasteiger charge is -2.27.